The Kier molecular flexibility index (Phi) is 3.62. The van der Waals surface area contributed by atoms with E-state index in [4.69, 9.17) is 5.73 Å². The summed E-state index contributed by atoms with van der Waals surface area (Å²) in [5.41, 5.74) is 5.66. The number of hydrogen-bond donors (Lipinski definition) is 2. The molecule has 0 aromatic heterocycles. The average molecular weight is 210 g/mol. The van der Waals surface area contributed by atoms with Crippen molar-refractivity contribution in [3.63, 3.8) is 0 Å². The van der Waals surface area contributed by atoms with E-state index in [9.17, 15) is 4.79 Å². The Labute approximate surface area is 91.8 Å². The summed E-state index contributed by atoms with van der Waals surface area (Å²) in [5, 5.41) is 3.01. The summed E-state index contributed by atoms with van der Waals surface area (Å²) in [6, 6.07) is 0.506. The fraction of sp³-hybridized carbons (Fsp3) is 0.917. The summed E-state index contributed by atoms with van der Waals surface area (Å²) < 4.78 is 0. The van der Waals surface area contributed by atoms with Crippen molar-refractivity contribution in [2.24, 2.45) is 11.7 Å². The molecular formula is C12H22N2O. The van der Waals surface area contributed by atoms with Gasteiger partial charge in [0.25, 0.3) is 0 Å². The second-order valence-corrected chi connectivity index (χ2v) is 5.14. The Balaban J connectivity index is 1.67. The number of carbonyl (C=O) groups excluding carboxylic acids is 1. The SMILES string of the molecule is NC1CC1NC(=O)CC1CCCCCC1. The fourth-order valence-electron chi connectivity index (χ4n) is 2.48. The number of nitrogens with two attached hydrogens (primary N) is 1. The summed E-state index contributed by atoms with van der Waals surface area (Å²) in [7, 11) is 0. The van der Waals surface area contributed by atoms with Crippen LogP contribution < -0.4 is 11.1 Å². The Morgan fingerprint density at radius 1 is 1.20 bits per heavy atom. The number of rotatable bonds is 3. The van der Waals surface area contributed by atoms with Gasteiger partial charge in [0.2, 0.25) is 5.91 Å². The van der Waals surface area contributed by atoms with Gasteiger partial charge in [-0.1, -0.05) is 25.7 Å². The molecule has 2 aliphatic carbocycles. The molecule has 0 aromatic rings. The van der Waals surface area contributed by atoms with Crippen molar-refractivity contribution in [3.8, 4) is 0 Å². The van der Waals surface area contributed by atoms with Gasteiger partial charge in [0.1, 0.15) is 0 Å². The van der Waals surface area contributed by atoms with Crippen LogP contribution in [0, 0.1) is 5.92 Å². The summed E-state index contributed by atoms with van der Waals surface area (Å²) in [6.45, 7) is 0. The Hall–Kier alpha value is -0.570. The van der Waals surface area contributed by atoms with Crippen molar-refractivity contribution in [3.05, 3.63) is 0 Å². The van der Waals surface area contributed by atoms with E-state index in [0.29, 0.717) is 5.92 Å². The molecule has 15 heavy (non-hydrogen) atoms. The second kappa shape index (κ2) is 4.97. The zero-order chi connectivity index (χ0) is 10.7. The molecule has 0 bridgehead atoms. The van der Waals surface area contributed by atoms with E-state index in [1.807, 2.05) is 0 Å². The number of hydrogen-bond acceptors (Lipinski definition) is 2. The third kappa shape index (κ3) is 3.49. The monoisotopic (exact) mass is 210 g/mol. The average Bonchev–Trinajstić information content (AvgIpc) is 2.91. The van der Waals surface area contributed by atoms with Crippen LogP contribution in [0.15, 0.2) is 0 Å². The molecule has 2 aliphatic rings. The van der Waals surface area contributed by atoms with Crippen LogP contribution >= 0.6 is 0 Å². The van der Waals surface area contributed by atoms with Crippen molar-refractivity contribution in [1.82, 2.24) is 5.32 Å². The van der Waals surface area contributed by atoms with E-state index in [1.54, 1.807) is 0 Å². The van der Waals surface area contributed by atoms with Crippen LogP contribution in [0.1, 0.15) is 51.4 Å². The van der Waals surface area contributed by atoms with Crippen LogP contribution in [0.3, 0.4) is 0 Å². The molecule has 0 saturated heterocycles. The Morgan fingerprint density at radius 2 is 1.80 bits per heavy atom. The quantitative estimate of drug-likeness (QED) is 0.695. The van der Waals surface area contributed by atoms with Crippen LogP contribution in [-0.2, 0) is 4.79 Å². The van der Waals surface area contributed by atoms with E-state index in [1.165, 1.54) is 38.5 Å². The van der Waals surface area contributed by atoms with E-state index in [0.717, 1.165) is 12.8 Å². The van der Waals surface area contributed by atoms with Gasteiger partial charge in [0.15, 0.2) is 0 Å². The molecule has 0 aliphatic heterocycles. The molecule has 0 aromatic carbocycles. The maximum Gasteiger partial charge on any atom is 0.220 e. The normalized spacial score (nSPS) is 32.1. The summed E-state index contributed by atoms with van der Waals surface area (Å²) >= 11 is 0. The van der Waals surface area contributed by atoms with Gasteiger partial charge in [-0.3, -0.25) is 4.79 Å². The molecular weight excluding hydrogens is 188 g/mol. The van der Waals surface area contributed by atoms with E-state index >= 15 is 0 Å². The van der Waals surface area contributed by atoms with Crippen LogP contribution in [0.5, 0.6) is 0 Å². The summed E-state index contributed by atoms with van der Waals surface area (Å²) in [4.78, 5) is 11.7. The number of nitrogens with one attached hydrogen (secondary N) is 1. The highest BCUT2D eigenvalue weighted by Gasteiger charge is 2.34. The Bertz CT molecular complexity index is 222. The van der Waals surface area contributed by atoms with Gasteiger partial charge >= 0.3 is 0 Å². The highest BCUT2D eigenvalue weighted by atomic mass is 16.1. The number of amides is 1. The van der Waals surface area contributed by atoms with Gasteiger partial charge in [0.05, 0.1) is 0 Å². The largest absolute Gasteiger partial charge is 0.352 e. The van der Waals surface area contributed by atoms with Crippen LogP contribution in [-0.4, -0.2) is 18.0 Å². The van der Waals surface area contributed by atoms with Crippen molar-refractivity contribution >= 4 is 5.91 Å². The van der Waals surface area contributed by atoms with Crippen LogP contribution in [0.2, 0.25) is 0 Å². The summed E-state index contributed by atoms with van der Waals surface area (Å²) in [5.74, 6) is 0.849. The maximum atomic E-state index is 11.7. The fourth-order valence-corrected chi connectivity index (χ4v) is 2.48. The summed E-state index contributed by atoms with van der Waals surface area (Å²) in [6.07, 6.45) is 9.49. The molecule has 2 rings (SSSR count). The van der Waals surface area contributed by atoms with Crippen LogP contribution in [0.25, 0.3) is 0 Å². The van der Waals surface area contributed by atoms with Crippen LogP contribution in [0.4, 0.5) is 0 Å². The predicted octanol–water partition coefficient (Wildman–Crippen LogP) is 1.56. The molecule has 2 fully saturated rings. The highest BCUT2D eigenvalue weighted by molar-refractivity contribution is 5.77. The maximum absolute atomic E-state index is 11.7. The first-order chi connectivity index (χ1) is 7.25. The van der Waals surface area contributed by atoms with E-state index in [2.05, 4.69) is 5.32 Å². The molecule has 86 valence electrons. The first-order valence-electron chi connectivity index (χ1n) is 6.30. The highest BCUT2D eigenvalue weighted by Crippen LogP contribution is 2.26. The molecule has 0 radical (unpaired) electrons. The lowest BCUT2D eigenvalue weighted by Crippen LogP contribution is -2.30. The lowest BCUT2D eigenvalue weighted by Gasteiger charge is -2.13. The third-order valence-corrected chi connectivity index (χ3v) is 3.63. The molecule has 3 heteroatoms. The molecule has 0 heterocycles. The van der Waals surface area contributed by atoms with Crippen molar-refractivity contribution in [2.75, 3.05) is 0 Å². The van der Waals surface area contributed by atoms with E-state index < -0.39 is 0 Å². The molecule has 1 amide bonds. The number of carbonyl (C=O) groups is 1. The third-order valence-electron chi connectivity index (χ3n) is 3.63. The van der Waals surface area contributed by atoms with Gasteiger partial charge in [0, 0.05) is 18.5 Å². The van der Waals surface area contributed by atoms with Gasteiger partial charge in [-0.2, -0.15) is 0 Å². The molecule has 2 saturated carbocycles. The molecule has 3 N–H and O–H groups in total. The minimum absolute atomic E-state index is 0.222. The molecule has 2 atom stereocenters. The van der Waals surface area contributed by atoms with E-state index in [-0.39, 0.29) is 18.0 Å². The smallest absolute Gasteiger partial charge is 0.220 e. The van der Waals surface area contributed by atoms with Gasteiger partial charge in [-0.25, -0.2) is 0 Å². The minimum Gasteiger partial charge on any atom is -0.352 e. The lowest BCUT2D eigenvalue weighted by atomic mass is 9.96. The van der Waals surface area contributed by atoms with Crippen molar-refractivity contribution in [2.45, 2.75) is 63.5 Å². The second-order valence-electron chi connectivity index (χ2n) is 5.14. The van der Waals surface area contributed by atoms with Crippen molar-refractivity contribution < 1.29 is 4.79 Å². The van der Waals surface area contributed by atoms with Gasteiger partial charge in [-0.15, -0.1) is 0 Å². The molecule has 0 spiro atoms. The first-order valence-corrected chi connectivity index (χ1v) is 6.30. The molecule has 3 nitrogen and oxygen atoms in total. The standard InChI is InChI=1S/C12H22N2O/c13-10-8-11(10)14-12(15)7-9-5-3-1-2-4-6-9/h9-11H,1-8,13H2,(H,14,15). The minimum atomic E-state index is 0.222. The van der Waals surface area contributed by atoms with Gasteiger partial charge < -0.3 is 11.1 Å². The zero-order valence-corrected chi connectivity index (χ0v) is 9.37. The first kappa shape index (κ1) is 10.9. The van der Waals surface area contributed by atoms with Crippen molar-refractivity contribution in [1.29, 1.82) is 0 Å². The lowest BCUT2D eigenvalue weighted by molar-refractivity contribution is -0.122. The Morgan fingerprint density at radius 3 is 2.33 bits per heavy atom. The van der Waals surface area contributed by atoms with Gasteiger partial charge in [-0.05, 0) is 25.2 Å². The zero-order valence-electron chi connectivity index (χ0n) is 9.37. The topological polar surface area (TPSA) is 55.1 Å². The molecule has 2 unspecified atom stereocenters. The predicted molar refractivity (Wildman–Crippen MR) is 60.3 cm³/mol.